The van der Waals surface area contributed by atoms with Gasteiger partial charge in [-0.25, -0.2) is 4.39 Å². The highest BCUT2D eigenvalue weighted by molar-refractivity contribution is 6.53. The summed E-state index contributed by atoms with van der Waals surface area (Å²) in [7, 11) is 0. The van der Waals surface area contributed by atoms with Crippen molar-refractivity contribution in [1.29, 1.82) is 0 Å². The average molecular weight is 526 g/mol. The molecule has 0 unspecified atom stereocenters. The van der Waals surface area contributed by atoms with Gasteiger partial charge in [-0.15, -0.1) is 23.2 Å². The average Bonchev–Trinajstić information content (AvgIpc) is 3.35. The van der Waals surface area contributed by atoms with Crippen LogP contribution in [0.2, 0.25) is 10.0 Å². The van der Waals surface area contributed by atoms with Crippen LogP contribution in [0.3, 0.4) is 0 Å². The Morgan fingerprint density at radius 1 is 0.909 bits per heavy atom. The smallest absolute Gasteiger partial charge is 0.256 e. The zero-order valence-corrected chi connectivity index (χ0v) is 20.2. The molecule has 0 spiro atoms. The maximum atomic E-state index is 13.5. The zero-order chi connectivity index (χ0) is 23.9. The predicted molar refractivity (Wildman–Crippen MR) is 131 cm³/mol. The van der Waals surface area contributed by atoms with Crippen LogP contribution in [0.15, 0.2) is 60.7 Å². The Hall–Kier alpha value is -2.31. The molecule has 0 saturated heterocycles. The second kappa shape index (κ2) is 9.15. The van der Waals surface area contributed by atoms with E-state index in [0.717, 1.165) is 0 Å². The van der Waals surface area contributed by atoms with Crippen molar-refractivity contribution in [1.82, 2.24) is 0 Å². The van der Waals surface area contributed by atoms with Gasteiger partial charge in [0.1, 0.15) is 10.2 Å². The van der Waals surface area contributed by atoms with Crippen LogP contribution in [0.5, 0.6) is 0 Å². The van der Waals surface area contributed by atoms with Crippen molar-refractivity contribution < 1.29 is 14.0 Å². The van der Waals surface area contributed by atoms with E-state index < -0.39 is 27.9 Å². The third-order valence-corrected chi connectivity index (χ3v) is 7.15. The Morgan fingerprint density at radius 3 is 2.27 bits per heavy atom. The normalized spacial score (nSPS) is 18.5. The first-order valence-corrected chi connectivity index (χ1v) is 11.4. The van der Waals surface area contributed by atoms with E-state index in [0.29, 0.717) is 33.1 Å². The van der Waals surface area contributed by atoms with Crippen LogP contribution in [0.1, 0.15) is 27.4 Å². The van der Waals surface area contributed by atoms with Crippen molar-refractivity contribution in [2.75, 3.05) is 10.6 Å². The van der Waals surface area contributed by atoms with Crippen LogP contribution < -0.4 is 10.6 Å². The van der Waals surface area contributed by atoms with Crippen LogP contribution in [0.4, 0.5) is 15.8 Å². The third kappa shape index (κ3) is 4.82. The van der Waals surface area contributed by atoms with E-state index in [1.807, 2.05) is 6.07 Å². The summed E-state index contributed by atoms with van der Waals surface area (Å²) in [5.41, 5.74) is 2.37. The van der Waals surface area contributed by atoms with Gasteiger partial charge in [0.15, 0.2) is 0 Å². The molecule has 0 radical (unpaired) electrons. The van der Waals surface area contributed by atoms with Gasteiger partial charge in [0, 0.05) is 27.9 Å². The number of rotatable bonds is 5. The molecule has 170 valence electrons. The first-order chi connectivity index (χ1) is 15.6. The molecule has 0 aromatic heterocycles. The molecule has 2 atom stereocenters. The summed E-state index contributed by atoms with van der Waals surface area (Å²) in [6.07, 6.45) is 0. The summed E-state index contributed by atoms with van der Waals surface area (Å²) < 4.78 is 12.1. The Balaban J connectivity index is 1.54. The highest BCUT2D eigenvalue weighted by Gasteiger charge is 2.67. The van der Waals surface area contributed by atoms with Crippen LogP contribution in [0.25, 0.3) is 0 Å². The van der Waals surface area contributed by atoms with E-state index in [1.165, 1.54) is 24.3 Å². The molecule has 1 saturated carbocycles. The van der Waals surface area contributed by atoms with Crippen molar-refractivity contribution in [2.24, 2.45) is 5.92 Å². The lowest BCUT2D eigenvalue weighted by Gasteiger charge is -2.13. The number of alkyl halides is 2. The van der Waals surface area contributed by atoms with Gasteiger partial charge < -0.3 is 10.6 Å². The van der Waals surface area contributed by atoms with Crippen molar-refractivity contribution in [3.05, 3.63) is 93.2 Å². The molecule has 1 aliphatic rings. The van der Waals surface area contributed by atoms with Gasteiger partial charge in [0.05, 0.1) is 10.9 Å². The molecule has 3 aromatic rings. The third-order valence-electron chi connectivity index (χ3n) is 5.53. The van der Waals surface area contributed by atoms with Crippen molar-refractivity contribution >= 4 is 69.6 Å². The first-order valence-electron chi connectivity index (χ1n) is 9.89. The van der Waals surface area contributed by atoms with Crippen LogP contribution in [-0.2, 0) is 4.79 Å². The fourth-order valence-electron chi connectivity index (χ4n) is 3.70. The quantitative estimate of drug-likeness (QED) is 0.345. The van der Waals surface area contributed by atoms with Gasteiger partial charge >= 0.3 is 0 Å². The largest absolute Gasteiger partial charge is 0.326 e. The van der Waals surface area contributed by atoms with E-state index in [4.69, 9.17) is 46.4 Å². The molecule has 33 heavy (non-hydrogen) atoms. The zero-order valence-electron chi connectivity index (χ0n) is 17.1. The number of anilines is 2. The molecular weight excluding hydrogens is 509 g/mol. The number of nitrogens with one attached hydrogen (secondary N) is 2. The van der Waals surface area contributed by atoms with E-state index in [2.05, 4.69) is 10.6 Å². The highest BCUT2D eigenvalue weighted by atomic mass is 35.5. The van der Waals surface area contributed by atoms with E-state index in [-0.39, 0.29) is 10.9 Å². The Kier molecular flexibility index (Phi) is 6.61. The SMILES string of the molecule is Cc1c(Cl)cc(NC(=O)[C@H]2[C@H](c3ccc(F)c(Cl)c3)C2(Cl)Cl)cc1C(=O)Nc1ccccc1. The molecule has 0 heterocycles. The molecule has 4 rings (SSSR count). The molecule has 2 amide bonds. The first kappa shape index (κ1) is 23.8. The number of carbonyl (C=O) groups excluding carboxylic acids is 2. The summed E-state index contributed by atoms with van der Waals surface area (Å²) in [5.74, 6) is -2.78. The molecule has 9 heteroatoms. The molecule has 0 aliphatic heterocycles. The summed E-state index contributed by atoms with van der Waals surface area (Å²) in [6.45, 7) is 1.71. The molecule has 1 aliphatic carbocycles. The van der Waals surface area contributed by atoms with E-state index in [9.17, 15) is 14.0 Å². The highest BCUT2D eigenvalue weighted by Crippen LogP contribution is 2.65. The summed E-state index contributed by atoms with van der Waals surface area (Å²) in [6, 6.07) is 16.1. The summed E-state index contributed by atoms with van der Waals surface area (Å²) in [5, 5.41) is 5.76. The molecule has 0 bridgehead atoms. The lowest BCUT2D eigenvalue weighted by atomic mass is 10.1. The second-order valence-electron chi connectivity index (χ2n) is 7.74. The lowest BCUT2D eigenvalue weighted by Crippen LogP contribution is -2.19. The minimum absolute atomic E-state index is 0.0814. The minimum atomic E-state index is -1.38. The van der Waals surface area contributed by atoms with Gasteiger partial charge in [-0.2, -0.15) is 0 Å². The van der Waals surface area contributed by atoms with Gasteiger partial charge in [-0.3, -0.25) is 9.59 Å². The monoisotopic (exact) mass is 524 g/mol. The lowest BCUT2D eigenvalue weighted by molar-refractivity contribution is -0.117. The van der Waals surface area contributed by atoms with Crippen LogP contribution in [0, 0.1) is 18.7 Å². The predicted octanol–water partition coefficient (Wildman–Crippen LogP) is 7.22. The van der Waals surface area contributed by atoms with Gasteiger partial charge in [0.25, 0.3) is 5.91 Å². The number of carbonyl (C=O) groups is 2. The van der Waals surface area contributed by atoms with Gasteiger partial charge in [-0.05, 0) is 54.4 Å². The van der Waals surface area contributed by atoms with Crippen LogP contribution in [-0.4, -0.2) is 16.1 Å². The molecule has 3 aromatic carbocycles. The number of halogens is 5. The van der Waals surface area contributed by atoms with Crippen molar-refractivity contribution in [2.45, 2.75) is 17.2 Å². The number of hydrogen-bond donors (Lipinski definition) is 2. The Labute approximate surface area is 210 Å². The Morgan fingerprint density at radius 2 is 1.61 bits per heavy atom. The maximum Gasteiger partial charge on any atom is 0.256 e. The molecule has 4 nitrogen and oxygen atoms in total. The number of hydrogen-bond acceptors (Lipinski definition) is 2. The minimum Gasteiger partial charge on any atom is -0.326 e. The number of para-hydroxylation sites is 1. The fourth-order valence-corrected chi connectivity index (χ4v) is 4.94. The number of amides is 2. The topological polar surface area (TPSA) is 58.2 Å². The van der Waals surface area contributed by atoms with Gasteiger partial charge in [-0.1, -0.05) is 47.5 Å². The van der Waals surface area contributed by atoms with Crippen LogP contribution >= 0.6 is 46.4 Å². The Bertz CT molecular complexity index is 1250. The van der Waals surface area contributed by atoms with Crippen molar-refractivity contribution in [3.8, 4) is 0 Å². The maximum absolute atomic E-state index is 13.5. The van der Waals surface area contributed by atoms with E-state index >= 15 is 0 Å². The molecular formula is C24H17Cl4FN2O2. The molecule has 2 N–H and O–H groups in total. The molecule has 1 fully saturated rings. The summed E-state index contributed by atoms with van der Waals surface area (Å²) in [4.78, 5) is 25.8. The van der Waals surface area contributed by atoms with Gasteiger partial charge in [0.2, 0.25) is 5.91 Å². The van der Waals surface area contributed by atoms with Crippen molar-refractivity contribution in [3.63, 3.8) is 0 Å². The fraction of sp³-hybridized carbons (Fsp3) is 0.167. The second-order valence-corrected chi connectivity index (χ2v) is 10.0. The summed E-state index contributed by atoms with van der Waals surface area (Å²) >= 11 is 24.9. The standard InChI is InChI=1S/C24H17Cl4FN2O2/c1-12-16(22(32)30-14-5-3-2-4-6-14)10-15(11-17(12)25)31-23(33)21-20(24(21,27)28)13-7-8-19(29)18(26)9-13/h2-11,20-21H,1H3,(H,30,32)(H,31,33)/t20-,21+/m0/s1. The number of benzene rings is 3. The van der Waals surface area contributed by atoms with E-state index in [1.54, 1.807) is 37.3 Å².